The number of fused-ring (bicyclic) bond motifs is 1. The lowest BCUT2D eigenvalue weighted by atomic mass is 10.0. The molecule has 5 rings (SSSR count). The van der Waals surface area contributed by atoms with Crippen LogP contribution in [0.2, 0.25) is 0 Å². The molecule has 1 aliphatic heterocycles. The van der Waals surface area contributed by atoms with Crippen LogP contribution in [0.15, 0.2) is 78.9 Å². The molecule has 0 aliphatic carbocycles. The minimum Gasteiger partial charge on any atom is -0.353 e. The number of benzene rings is 3. The number of nitriles is 1. The highest BCUT2D eigenvalue weighted by Gasteiger charge is 2.21. The third-order valence-corrected chi connectivity index (χ3v) is 6.56. The Labute approximate surface area is 195 Å². The first-order valence-corrected chi connectivity index (χ1v) is 11.8. The van der Waals surface area contributed by atoms with Gasteiger partial charge in [-0.2, -0.15) is 5.26 Å². The molecular weight excluding hydrogens is 406 g/mol. The van der Waals surface area contributed by atoms with E-state index in [9.17, 15) is 0 Å². The van der Waals surface area contributed by atoms with Crippen LogP contribution in [-0.4, -0.2) is 40.1 Å². The van der Waals surface area contributed by atoms with Gasteiger partial charge in [0.1, 0.15) is 0 Å². The van der Waals surface area contributed by atoms with E-state index < -0.39 is 0 Å². The molecule has 1 aromatic heterocycles. The van der Waals surface area contributed by atoms with E-state index >= 15 is 0 Å². The van der Waals surface area contributed by atoms with Crippen LogP contribution in [-0.2, 0) is 13.0 Å². The first-order valence-electron chi connectivity index (χ1n) is 11.8. The molecule has 0 unspecified atom stereocenters. The second-order valence-corrected chi connectivity index (χ2v) is 8.81. The average molecular weight is 436 g/mol. The summed E-state index contributed by atoms with van der Waals surface area (Å²) >= 11 is 0. The fourth-order valence-corrected chi connectivity index (χ4v) is 4.63. The van der Waals surface area contributed by atoms with Gasteiger partial charge in [0.25, 0.3) is 0 Å². The van der Waals surface area contributed by atoms with Gasteiger partial charge in [-0.15, -0.1) is 0 Å². The highest BCUT2D eigenvalue weighted by Crippen LogP contribution is 2.24. The van der Waals surface area contributed by atoms with Crippen LogP contribution >= 0.6 is 0 Å². The lowest BCUT2D eigenvalue weighted by Gasteiger charge is -2.32. The van der Waals surface area contributed by atoms with Gasteiger partial charge in [-0.25, -0.2) is 4.98 Å². The smallest absolute Gasteiger partial charge is 0.204 e. The third-order valence-electron chi connectivity index (χ3n) is 6.56. The van der Waals surface area contributed by atoms with Crippen molar-refractivity contribution in [2.45, 2.75) is 31.8 Å². The molecule has 5 heteroatoms. The van der Waals surface area contributed by atoms with Crippen molar-refractivity contribution < 1.29 is 0 Å². The predicted octanol–water partition coefficient (Wildman–Crippen LogP) is 5.08. The lowest BCUT2D eigenvalue weighted by molar-refractivity contribution is 0.221. The van der Waals surface area contributed by atoms with Gasteiger partial charge in [-0.1, -0.05) is 54.6 Å². The average Bonchev–Trinajstić information content (AvgIpc) is 3.21. The molecule has 5 nitrogen and oxygen atoms in total. The largest absolute Gasteiger partial charge is 0.353 e. The summed E-state index contributed by atoms with van der Waals surface area (Å²) in [5, 5.41) is 12.8. The van der Waals surface area contributed by atoms with Gasteiger partial charge < -0.3 is 14.8 Å². The van der Waals surface area contributed by atoms with Gasteiger partial charge in [-0.05, 0) is 54.7 Å². The van der Waals surface area contributed by atoms with Crippen molar-refractivity contribution in [1.29, 1.82) is 5.26 Å². The fourth-order valence-electron chi connectivity index (χ4n) is 4.63. The first kappa shape index (κ1) is 21.2. The molecule has 0 bridgehead atoms. The van der Waals surface area contributed by atoms with E-state index in [4.69, 9.17) is 10.2 Å². The van der Waals surface area contributed by atoms with E-state index in [2.05, 4.69) is 69.4 Å². The summed E-state index contributed by atoms with van der Waals surface area (Å²) < 4.78 is 2.26. The Morgan fingerprint density at radius 3 is 2.36 bits per heavy atom. The number of nitrogens with zero attached hydrogens (tertiary/aromatic N) is 4. The van der Waals surface area contributed by atoms with Crippen LogP contribution in [0.5, 0.6) is 0 Å². The second-order valence-electron chi connectivity index (χ2n) is 8.81. The Hall–Kier alpha value is -3.62. The number of nitrogens with one attached hydrogen (secondary N) is 1. The molecule has 1 aliphatic rings. The number of likely N-dealkylation sites (tertiary alicyclic amines) is 1. The predicted molar refractivity (Wildman–Crippen MR) is 133 cm³/mol. The van der Waals surface area contributed by atoms with Crippen LogP contribution in [0, 0.1) is 11.3 Å². The standard InChI is InChI=1S/C28H29N5/c29-20-23-10-12-24(13-11-23)21-33-27-9-5-4-8-26(27)31-28(33)30-25-15-18-32(19-16-25)17-14-22-6-2-1-3-7-22/h1-13,25H,14-19,21H2,(H,30,31). The van der Waals surface area contributed by atoms with Crippen LogP contribution in [0.4, 0.5) is 5.95 Å². The zero-order chi connectivity index (χ0) is 22.5. The van der Waals surface area contributed by atoms with Crippen molar-refractivity contribution in [3.63, 3.8) is 0 Å². The maximum absolute atomic E-state index is 9.08. The Morgan fingerprint density at radius 1 is 0.879 bits per heavy atom. The van der Waals surface area contributed by atoms with Gasteiger partial charge in [-0.3, -0.25) is 0 Å². The van der Waals surface area contributed by atoms with Crippen LogP contribution in [0.25, 0.3) is 11.0 Å². The zero-order valence-electron chi connectivity index (χ0n) is 18.8. The van der Waals surface area contributed by atoms with Crippen LogP contribution < -0.4 is 5.32 Å². The molecule has 0 atom stereocenters. The topological polar surface area (TPSA) is 56.9 Å². The zero-order valence-corrected chi connectivity index (χ0v) is 18.8. The van der Waals surface area contributed by atoms with Crippen molar-refractivity contribution in [1.82, 2.24) is 14.5 Å². The summed E-state index contributed by atoms with van der Waals surface area (Å²) in [5.74, 6) is 0.934. The van der Waals surface area contributed by atoms with E-state index in [0.29, 0.717) is 11.6 Å². The van der Waals surface area contributed by atoms with Crippen molar-refractivity contribution in [2.75, 3.05) is 25.0 Å². The molecule has 1 fully saturated rings. The Bertz CT molecular complexity index is 1230. The Balaban J connectivity index is 1.25. The van der Waals surface area contributed by atoms with Crippen LogP contribution in [0.3, 0.4) is 0 Å². The Kier molecular flexibility index (Phi) is 6.37. The second kappa shape index (κ2) is 9.89. The molecule has 0 radical (unpaired) electrons. The third kappa shape index (κ3) is 5.08. The van der Waals surface area contributed by atoms with E-state index in [0.717, 1.165) is 68.0 Å². The van der Waals surface area contributed by atoms with Gasteiger partial charge in [0.05, 0.1) is 29.2 Å². The summed E-state index contributed by atoms with van der Waals surface area (Å²) in [6, 6.07) is 29.5. The van der Waals surface area contributed by atoms with Crippen molar-refractivity contribution in [2.24, 2.45) is 0 Å². The highest BCUT2D eigenvalue weighted by molar-refractivity contribution is 5.78. The maximum atomic E-state index is 9.08. The van der Waals surface area contributed by atoms with Gasteiger partial charge >= 0.3 is 0 Å². The number of piperidine rings is 1. The normalized spacial score (nSPS) is 14.9. The van der Waals surface area contributed by atoms with Crippen molar-refractivity contribution >= 4 is 17.0 Å². The SMILES string of the molecule is N#Cc1ccc(Cn2c(NC3CCN(CCc4ccccc4)CC3)nc3ccccc32)cc1. The highest BCUT2D eigenvalue weighted by atomic mass is 15.2. The van der Waals surface area contributed by atoms with Gasteiger partial charge in [0.2, 0.25) is 5.95 Å². The summed E-state index contributed by atoms with van der Waals surface area (Å²) in [4.78, 5) is 7.49. The lowest BCUT2D eigenvalue weighted by Crippen LogP contribution is -2.40. The molecule has 1 saturated heterocycles. The first-order chi connectivity index (χ1) is 16.3. The molecule has 1 N–H and O–H groups in total. The Morgan fingerprint density at radius 2 is 1.61 bits per heavy atom. The molecule has 33 heavy (non-hydrogen) atoms. The minimum absolute atomic E-state index is 0.425. The molecule has 166 valence electrons. The van der Waals surface area contributed by atoms with Gasteiger partial charge in [0.15, 0.2) is 0 Å². The monoisotopic (exact) mass is 435 g/mol. The molecule has 2 heterocycles. The fraction of sp³-hybridized carbons (Fsp3) is 0.286. The van der Waals surface area contributed by atoms with Gasteiger partial charge in [0, 0.05) is 25.7 Å². The number of imidazole rings is 1. The summed E-state index contributed by atoms with van der Waals surface area (Å²) in [6.07, 6.45) is 3.35. The van der Waals surface area contributed by atoms with E-state index in [1.807, 2.05) is 30.3 Å². The van der Waals surface area contributed by atoms with Crippen LogP contribution in [0.1, 0.15) is 29.5 Å². The number of para-hydroxylation sites is 2. The molecule has 3 aromatic carbocycles. The van der Waals surface area contributed by atoms with E-state index in [1.165, 1.54) is 5.56 Å². The number of hydrogen-bond donors (Lipinski definition) is 1. The summed E-state index contributed by atoms with van der Waals surface area (Å²) in [5.41, 5.74) is 5.40. The number of hydrogen-bond acceptors (Lipinski definition) is 4. The quantitative estimate of drug-likeness (QED) is 0.440. The minimum atomic E-state index is 0.425. The molecule has 0 amide bonds. The molecule has 4 aromatic rings. The molecule has 0 spiro atoms. The van der Waals surface area contributed by atoms with E-state index in [1.54, 1.807) is 0 Å². The number of anilines is 1. The number of aromatic nitrogens is 2. The molecular formula is C28H29N5. The van der Waals surface area contributed by atoms with Crippen molar-refractivity contribution in [3.8, 4) is 6.07 Å². The maximum Gasteiger partial charge on any atom is 0.204 e. The van der Waals surface area contributed by atoms with E-state index in [-0.39, 0.29) is 0 Å². The number of rotatable bonds is 7. The molecule has 0 saturated carbocycles. The van der Waals surface area contributed by atoms with Crippen molar-refractivity contribution in [3.05, 3.63) is 95.6 Å². The summed E-state index contributed by atoms with van der Waals surface area (Å²) in [6.45, 7) is 4.07. The summed E-state index contributed by atoms with van der Waals surface area (Å²) in [7, 11) is 0.